The Bertz CT molecular complexity index is 813. The maximum absolute atomic E-state index is 3.75. The number of benzene rings is 3. The monoisotopic (exact) mass is 467 g/mol. The number of rotatable bonds is 9. The maximum atomic E-state index is 3.75. The summed E-state index contributed by atoms with van der Waals surface area (Å²) in [5.41, 5.74) is 4.07. The Labute approximate surface area is 176 Å². The van der Waals surface area contributed by atoms with Crippen molar-refractivity contribution < 1.29 is 0 Å². The fourth-order valence-electron chi connectivity index (χ4n) is 3.15. The van der Waals surface area contributed by atoms with E-state index in [4.69, 9.17) is 0 Å². The Balaban J connectivity index is 1.60. The summed E-state index contributed by atoms with van der Waals surface area (Å²) in [5, 5.41) is 3.75. The van der Waals surface area contributed by atoms with Gasteiger partial charge in [0.1, 0.15) is 0 Å². The lowest BCUT2D eigenvalue weighted by Gasteiger charge is -2.19. The molecule has 0 fully saturated rings. The second kappa shape index (κ2) is 11.1. The molecule has 138 valence electrons. The Kier molecular flexibility index (Phi) is 8.12. The zero-order chi connectivity index (χ0) is 18.7. The van der Waals surface area contributed by atoms with Crippen molar-refractivity contribution >= 4 is 22.6 Å². The third-order valence-electron chi connectivity index (χ3n) is 4.64. The molecule has 0 aromatic heterocycles. The number of hydrogen-bond acceptors (Lipinski definition) is 1. The van der Waals surface area contributed by atoms with Gasteiger partial charge in [-0.25, -0.2) is 0 Å². The molecule has 0 aliphatic rings. The van der Waals surface area contributed by atoms with Crippen LogP contribution in [0.25, 0.3) is 0 Å². The zero-order valence-electron chi connectivity index (χ0n) is 15.5. The molecule has 1 unspecified atom stereocenters. The van der Waals surface area contributed by atoms with E-state index in [1.165, 1.54) is 20.3 Å². The highest BCUT2D eigenvalue weighted by atomic mass is 127. The molecule has 0 saturated heterocycles. The molecule has 0 amide bonds. The van der Waals surface area contributed by atoms with Crippen molar-refractivity contribution in [2.45, 2.75) is 31.8 Å². The smallest absolute Gasteiger partial charge is 0.0368 e. The summed E-state index contributed by atoms with van der Waals surface area (Å²) in [6, 6.07) is 32.4. The van der Waals surface area contributed by atoms with Crippen molar-refractivity contribution in [1.29, 1.82) is 0 Å². The summed E-state index contributed by atoms with van der Waals surface area (Å²) >= 11 is 2.50. The van der Waals surface area contributed by atoms with E-state index in [0.717, 1.165) is 25.8 Å². The second-order valence-corrected chi connectivity index (χ2v) is 8.09. The van der Waals surface area contributed by atoms with Crippen LogP contribution in [0.4, 0.5) is 0 Å². The summed E-state index contributed by atoms with van der Waals surface area (Å²) in [5.74, 6) is 0. The van der Waals surface area contributed by atoms with Crippen molar-refractivity contribution in [3.05, 3.63) is 117 Å². The van der Waals surface area contributed by atoms with Crippen LogP contribution in [-0.2, 0) is 13.0 Å². The average Bonchev–Trinajstić information content (AvgIpc) is 2.73. The summed E-state index contributed by atoms with van der Waals surface area (Å²) in [6.45, 7) is 0.883. The van der Waals surface area contributed by atoms with E-state index in [1.54, 1.807) is 0 Å². The minimum Gasteiger partial charge on any atom is -0.306 e. The van der Waals surface area contributed by atoms with E-state index in [2.05, 4.69) is 125 Å². The highest BCUT2D eigenvalue weighted by Gasteiger charge is 2.12. The van der Waals surface area contributed by atoms with Crippen LogP contribution in [0.1, 0.15) is 35.6 Å². The Morgan fingerprint density at radius 3 is 1.96 bits per heavy atom. The molecule has 3 rings (SSSR count). The third kappa shape index (κ3) is 6.96. The van der Waals surface area contributed by atoms with Crippen LogP contribution >= 0.6 is 22.6 Å². The number of halogens is 1. The van der Waals surface area contributed by atoms with Crippen LogP contribution in [0.3, 0.4) is 0 Å². The van der Waals surface area contributed by atoms with E-state index in [1.807, 2.05) is 0 Å². The summed E-state index contributed by atoms with van der Waals surface area (Å²) in [7, 11) is 0. The van der Waals surface area contributed by atoms with Crippen molar-refractivity contribution in [2.75, 3.05) is 0 Å². The first kappa shape index (κ1) is 19.8. The van der Waals surface area contributed by atoms with Gasteiger partial charge in [-0.05, 0) is 62.1 Å². The topological polar surface area (TPSA) is 12.0 Å². The molecule has 0 heterocycles. The molecule has 0 aliphatic heterocycles. The molecule has 2 heteroatoms. The van der Waals surface area contributed by atoms with Crippen molar-refractivity contribution in [2.24, 2.45) is 0 Å². The van der Waals surface area contributed by atoms with E-state index in [9.17, 15) is 0 Å². The van der Waals surface area contributed by atoms with E-state index >= 15 is 0 Å². The molecular formula is C25H26IN. The Hall–Kier alpha value is -1.91. The molecule has 0 bridgehead atoms. The van der Waals surface area contributed by atoms with Gasteiger partial charge < -0.3 is 5.32 Å². The SMILES string of the molecule is I/C(=C/CCc1ccccc1)CC(NCc1ccccc1)c1ccccc1. The molecule has 0 spiro atoms. The summed E-state index contributed by atoms with van der Waals surface area (Å²) in [4.78, 5) is 0. The van der Waals surface area contributed by atoms with E-state index < -0.39 is 0 Å². The van der Waals surface area contributed by atoms with Crippen LogP contribution in [0.2, 0.25) is 0 Å². The molecule has 0 radical (unpaired) electrons. The molecular weight excluding hydrogens is 441 g/mol. The van der Waals surface area contributed by atoms with E-state index in [-0.39, 0.29) is 0 Å². The third-order valence-corrected chi connectivity index (χ3v) is 5.52. The maximum Gasteiger partial charge on any atom is 0.0368 e. The van der Waals surface area contributed by atoms with Crippen molar-refractivity contribution in [3.8, 4) is 0 Å². The number of nitrogens with one attached hydrogen (secondary N) is 1. The van der Waals surface area contributed by atoms with Crippen LogP contribution in [0.15, 0.2) is 101 Å². The first-order valence-corrected chi connectivity index (χ1v) is 10.6. The molecule has 3 aromatic carbocycles. The Morgan fingerprint density at radius 1 is 0.778 bits per heavy atom. The summed E-state index contributed by atoms with van der Waals surface area (Å²) < 4.78 is 1.41. The van der Waals surface area contributed by atoms with Crippen LogP contribution < -0.4 is 5.32 Å². The van der Waals surface area contributed by atoms with Crippen LogP contribution in [-0.4, -0.2) is 0 Å². The molecule has 3 aromatic rings. The predicted octanol–water partition coefficient (Wildman–Crippen LogP) is 6.86. The van der Waals surface area contributed by atoms with Gasteiger partial charge in [-0.3, -0.25) is 0 Å². The van der Waals surface area contributed by atoms with Gasteiger partial charge in [0, 0.05) is 12.6 Å². The van der Waals surface area contributed by atoms with Gasteiger partial charge in [0.25, 0.3) is 0 Å². The van der Waals surface area contributed by atoms with Gasteiger partial charge in [-0.15, -0.1) is 0 Å². The lowest BCUT2D eigenvalue weighted by Crippen LogP contribution is -2.21. The zero-order valence-corrected chi connectivity index (χ0v) is 17.7. The average molecular weight is 467 g/mol. The van der Waals surface area contributed by atoms with Crippen molar-refractivity contribution in [3.63, 3.8) is 0 Å². The van der Waals surface area contributed by atoms with Gasteiger partial charge >= 0.3 is 0 Å². The fourth-order valence-corrected chi connectivity index (χ4v) is 3.90. The minimum absolute atomic E-state index is 0.325. The molecule has 27 heavy (non-hydrogen) atoms. The van der Waals surface area contributed by atoms with Gasteiger partial charge in [-0.1, -0.05) is 97.1 Å². The minimum atomic E-state index is 0.325. The highest BCUT2D eigenvalue weighted by Crippen LogP contribution is 2.26. The second-order valence-electron chi connectivity index (χ2n) is 6.71. The predicted molar refractivity (Wildman–Crippen MR) is 124 cm³/mol. The van der Waals surface area contributed by atoms with Crippen LogP contribution in [0.5, 0.6) is 0 Å². The van der Waals surface area contributed by atoms with Gasteiger partial charge in [0.05, 0.1) is 0 Å². The van der Waals surface area contributed by atoms with Gasteiger partial charge in [0.2, 0.25) is 0 Å². The number of hydrogen-bond donors (Lipinski definition) is 1. The molecule has 1 atom stereocenters. The quantitative estimate of drug-likeness (QED) is 0.339. The summed E-state index contributed by atoms with van der Waals surface area (Å²) in [6.07, 6.45) is 5.59. The van der Waals surface area contributed by atoms with Gasteiger partial charge in [-0.2, -0.15) is 0 Å². The first-order chi connectivity index (χ1) is 13.3. The molecule has 1 N–H and O–H groups in total. The number of allylic oxidation sites excluding steroid dienone is 1. The highest BCUT2D eigenvalue weighted by molar-refractivity contribution is 14.1. The molecule has 0 saturated carbocycles. The Morgan fingerprint density at radius 2 is 1.33 bits per heavy atom. The number of aryl methyl sites for hydroxylation is 1. The van der Waals surface area contributed by atoms with Crippen molar-refractivity contribution in [1.82, 2.24) is 5.32 Å². The standard InChI is InChI=1S/C25H26IN/c26-24(18-10-15-21-11-4-1-5-12-21)19-25(23-16-8-3-9-17-23)27-20-22-13-6-2-7-14-22/h1-9,11-14,16-18,25,27H,10,15,19-20H2/b24-18+. The lowest BCUT2D eigenvalue weighted by molar-refractivity contribution is 0.537. The largest absolute Gasteiger partial charge is 0.306 e. The first-order valence-electron chi connectivity index (χ1n) is 9.52. The molecule has 1 nitrogen and oxygen atoms in total. The fraction of sp³-hybridized carbons (Fsp3) is 0.200. The van der Waals surface area contributed by atoms with Gasteiger partial charge in [0.15, 0.2) is 0 Å². The van der Waals surface area contributed by atoms with E-state index in [0.29, 0.717) is 6.04 Å². The van der Waals surface area contributed by atoms with Crippen LogP contribution in [0, 0.1) is 0 Å². The molecule has 0 aliphatic carbocycles. The normalized spacial score (nSPS) is 12.7. The lowest BCUT2D eigenvalue weighted by atomic mass is 10.0.